The molecule has 0 spiro atoms. The molecule has 0 aliphatic heterocycles. The molecular weight excluding hydrogens is 947 g/mol. The largest absolute Gasteiger partial charge is 0.458 e. The Morgan fingerprint density at radius 3 is 1.06 bits per heavy atom. The molecule has 0 saturated carbocycles. The highest BCUT2D eigenvalue weighted by atomic mass is 19.2. The lowest BCUT2D eigenvalue weighted by atomic mass is 9.12. The number of hydrogen-bond acceptors (Lipinski definition) is 4. The van der Waals surface area contributed by atoms with Crippen LogP contribution >= 0.6 is 0 Å². The van der Waals surface area contributed by atoms with Gasteiger partial charge in [0.25, 0.3) is 0 Å². The van der Waals surface area contributed by atoms with Gasteiger partial charge in [0, 0.05) is 5.56 Å². The number of benzene rings is 5. The molecule has 0 amide bonds. The number of aromatic nitrogens is 2. The molecule has 0 N–H and O–H groups in total. The van der Waals surface area contributed by atoms with E-state index in [1.54, 1.807) is 36.7 Å². The van der Waals surface area contributed by atoms with Crippen LogP contribution in [0.5, 0.6) is 0 Å². The Morgan fingerprint density at radius 2 is 0.773 bits per heavy atom. The van der Waals surface area contributed by atoms with Crippen molar-refractivity contribution in [2.24, 2.45) is 0 Å². The SMILES string of the molecule is CC(C)OC(=O)c1c[n+](CC(=O)c2ccccc2)ccn1.Fc1c(F)c(F)c([B-](c2c(F)c(F)c(F)c(F)c2F)(c2c(F)c(F)c(F)c(F)c2F)c2c(F)c(F)c(F)c(F)c2F)c(F)c1F. The van der Waals surface area contributed by atoms with Gasteiger partial charge in [-0.25, -0.2) is 97.6 Å². The first-order chi connectivity index (χ1) is 30.8. The molecule has 0 atom stereocenters. The van der Waals surface area contributed by atoms with E-state index in [4.69, 9.17) is 4.74 Å². The third kappa shape index (κ3) is 8.27. The zero-order valence-electron chi connectivity index (χ0n) is 32.2. The van der Waals surface area contributed by atoms with Gasteiger partial charge < -0.3 is 4.74 Å². The van der Waals surface area contributed by atoms with Gasteiger partial charge in [0.15, 0.2) is 76.0 Å². The van der Waals surface area contributed by atoms with Crippen LogP contribution < -0.4 is 26.4 Å². The zero-order chi connectivity index (χ0) is 49.6. The monoisotopic (exact) mass is 964 g/mol. The van der Waals surface area contributed by atoms with Gasteiger partial charge in [-0.05, 0) is 13.8 Å². The number of ether oxygens (including phenoxy) is 1. The molecule has 66 heavy (non-hydrogen) atoms. The molecule has 348 valence electrons. The van der Waals surface area contributed by atoms with Gasteiger partial charge in [0.05, 0.1) is 12.3 Å². The fourth-order valence-corrected chi connectivity index (χ4v) is 6.67. The average Bonchev–Trinajstić information content (AvgIpc) is 3.29. The number of rotatable bonds is 9. The molecule has 1 heterocycles. The van der Waals surface area contributed by atoms with Crippen LogP contribution in [0.4, 0.5) is 87.8 Å². The highest BCUT2D eigenvalue weighted by Crippen LogP contribution is 2.30. The van der Waals surface area contributed by atoms with Crippen molar-refractivity contribution in [3.63, 3.8) is 0 Å². The van der Waals surface area contributed by atoms with E-state index in [1.807, 2.05) is 18.2 Å². The molecule has 0 saturated heterocycles. The number of carbonyl (C=O) groups excluding carboxylic acids is 2. The molecule has 5 nitrogen and oxygen atoms in total. The minimum absolute atomic E-state index is 0.0324. The first-order valence-electron chi connectivity index (χ1n) is 17.6. The van der Waals surface area contributed by atoms with Gasteiger partial charge >= 0.3 is 5.97 Å². The van der Waals surface area contributed by atoms with Crippen molar-refractivity contribution in [2.75, 3.05) is 0 Å². The van der Waals surface area contributed by atoms with Crippen LogP contribution in [0.2, 0.25) is 0 Å². The van der Waals surface area contributed by atoms with Crippen LogP contribution in [0, 0.1) is 116 Å². The van der Waals surface area contributed by atoms with E-state index >= 15 is 35.1 Å². The second-order valence-electron chi connectivity index (χ2n) is 13.7. The second-order valence-corrected chi connectivity index (χ2v) is 13.7. The molecule has 26 heteroatoms. The van der Waals surface area contributed by atoms with Crippen LogP contribution in [0.3, 0.4) is 0 Å². The topological polar surface area (TPSA) is 60.1 Å². The van der Waals surface area contributed by atoms with Gasteiger partial charge in [0.1, 0.15) is 52.7 Å². The number of nitrogens with zero attached hydrogens (tertiary/aromatic N) is 2. The predicted molar refractivity (Wildman–Crippen MR) is 185 cm³/mol. The molecule has 0 unspecified atom stereocenters. The van der Waals surface area contributed by atoms with Crippen molar-refractivity contribution in [3.05, 3.63) is 177 Å². The number of carbonyl (C=O) groups is 2. The Balaban J connectivity index is 0.000000324. The number of ketones is 1. The average molecular weight is 964 g/mol. The van der Waals surface area contributed by atoms with Crippen molar-refractivity contribution in [2.45, 2.75) is 26.5 Å². The summed E-state index contributed by atoms with van der Waals surface area (Å²) in [7, 11) is 0. The summed E-state index contributed by atoms with van der Waals surface area (Å²) in [5.41, 5.74) is -13.5. The first-order valence-corrected chi connectivity index (χ1v) is 17.6. The quantitative estimate of drug-likeness (QED) is 0.0284. The minimum atomic E-state index is -7.22. The van der Waals surface area contributed by atoms with E-state index < -0.39 is 150 Å². The summed E-state index contributed by atoms with van der Waals surface area (Å²) in [4.78, 5) is 27.9. The van der Waals surface area contributed by atoms with E-state index in [9.17, 15) is 62.3 Å². The second kappa shape index (κ2) is 18.8. The summed E-state index contributed by atoms with van der Waals surface area (Å²) in [6.07, 6.45) is -2.78. The Kier molecular flexibility index (Phi) is 14.3. The van der Waals surface area contributed by atoms with E-state index in [0.717, 1.165) is 0 Å². The van der Waals surface area contributed by atoms with Crippen molar-refractivity contribution in [1.82, 2.24) is 4.98 Å². The maximum Gasteiger partial charge on any atom is 0.363 e. The van der Waals surface area contributed by atoms with Gasteiger partial charge in [-0.1, -0.05) is 30.3 Å². The Bertz CT molecular complexity index is 2570. The molecule has 0 fully saturated rings. The van der Waals surface area contributed by atoms with Crippen molar-refractivity contribution in [3.8, 4) is 0 Å². The Morgan fingerprint density at radius 1 is 0.485 bits per heavy atom. The molecular formula is C40H17BF20N2O3. The van der Waals surface area contributed by atoms with E-state index in [2.05, 4.69) is 4.98 Å². The van der Waals surface area contributed by atoms with Crippen LogP contribution in [-0.4, -0.2) is 29.0 Å². The molecule has 6 rings (SSSR count). The number of hydrogen-bond donors (Lipinski definition) is 0. The summed E-state index contributed by atoms with van der Waals surface area (Å²) < 4.78 is 301. The molecule has 6 aromatic rings. The van der Waals surface area contributed by atoms with Crippen molar-refractivity contribution >= 4 is 39.7 Å². The van der Waals surface area contributed by atoms with Gasteiger partial charge in [0.2, 0.25) is 24.2 Å². The third-order valence-corrected chi connectivity index (χ3v) is 9.44. The zero-order valence-corrected chi connectivity index (χ0v) is 32.2. The Hall–Kier alpha value is -7.02. The summed E-state index contributed by atoms with van der Waals surface area (Å²) in [6, 6.07) is 9.01. The van der Waals surface area contributed by atoms with Gasteiger partial charge in [-0.3, -0.25) is 4.79 Å². The summed E-state index contributed by atoms with van der Waals surface area (Å²) in [6.45, 7) is 3.69. The minimum Gasteiger partial charge on any atom is -0.458 e. The lowest BCUT2D eigenvalue weighted by Crippen LogP contribution is -2.81. The van der Waals surface area contributed by atoms with Gasteiger partial charge in [-0.15, -0.1) is 21.9 Å². The van der Waals surface area contributed by atoms with E-state index in [0.29, 0.717) is 5.56 Å². The van der Waals surface area contributed by atoms with Crippen molar-refractivity contribution < 1.29 is 107 Å². The fourth-order valence-electron chi connectivity index (χ4n) is 6.67. The fraction of sp³-hybridized carbons (Fsp3) is 0.100. The number of Topliss-reactive ketones (excluding diaryl/α,β-unsaturated/α-hetero) is 1. The lowest BCUT2D eigenvalue weighted by molar-refractivity contribution is -0.683. The molecule has 5 aromatic carbocycles. The molecule has 0 bridgehead atoms. The molecule has 0 aliphatic rings. The summed E-state index contributed by atoms with van der Waals surface area (Å²) >= 11 is 0. The predicted octanol–water partition coefficient (Wildman–Crippen LogP) is 7.66. The van der Waals surface area contributed by atoms with Crippen molar-refractivity contribution in [1.29, 1.82) is 0 Å². The summed E-state index contributed by atoms with van der Waals surface area (Å²) in [5, 5.41) is 0. The number of esters is 1. The van der Waals surface area contributed by atoms with E-state index in [1.165, 1.54) is 12.4 Å². The smallest absolute Gasteiger partial charge is 0.363 e. The lowest BCUT2D eigenvalue weighted by Gasteiger charge is -2.44. The third-order valence-electron chi connectivity index (χ3n) is 9.44. The normalized spacial score (nSPS) is 11.5. The standard InChI is InChI=1S/C24BF20.C16H17N2O3/c26-5-1(6(27)14(35)21(42)13(5)34)25(2-7(28)15(36)22(43)16(37)8(2)29,3-9(30)17(38)23(44)18(39)10(3)31)4-11(32)19(40)24(45)20(41)12(4)33;1-12(2)21-16(20)14-10-18(9-8-17-14)11-15(19)13-6-4-3-5-7-13/h;3-10,12H,11H2,1-2H3/q-1;+1. The van der Waals surface area contributed by atoms with Crippen LogP contribution in [0.15, 0.2) is 48.9 Å². The maximum absolute atomic E-state index is 15.4. The Labute approximate surface area is 354 Å². The van der Waals surface area contributed by atoms with Crippen LogP contribution in [0.1, 0.15) is 34.7 Å². The van der Waals surface area contributed by atoms with Gasteiger partial charge in [-0.2, -0.15) is 4.57 Å². The maximum atomic E-state index is 15.4. The van der Waals surface area contributed by atoms with Crippen LogP contribution in [0.25, 0.3) is 0 Å². The molecule has 1 aromatic heterocycles. The van der Waals surface area contributed by atoms with Crippen LogP contribution in [-0.2, 0) is 11.3 Å². The molecule has 0 aliphatic carbocycles. The first kappa shape index (κ1) is 50.0. The van der Waals surface area contributed by atoms with E-state index in [-0.39, 0.29) is 24.1 Å². The summed E-state index contributed by atoms with van der Waals surface area (Å²) in [5.74, 6) is -71.9. The highest BCUT2D eigenvalue weighted by Gasteiger charge is 2.52. The molecule has 0 radical (unpaired) electrons. The number of halogens is 20. The highest BCUT2D eigenvalue weighted by molar-refractivity contribution is 7.20.